The van der Waals surface area contributed by atoms with Crippen molar-refractivity contribution in [1.82, 2.24) is 20.4 Å². The van der Waals surface area contributed by atoms with Crippen LogP contribution in [0.5, 0.6) is 0 Å². The summed E-state index contributed by atoms with van der Waals surface area (Å²) in [5.74, 6) is 0.802. The molecule has 2 aliphatic rings. The van der Waals surface area contributed by atoms with Crippen LogP contribution in [-0.4, -0.2) is 79.1 Å². The van der Waals surface area contributed by atoms with Crippen LogP contribution in [0.2, 0.25) is 0 Å². The summed E-state index contributed by atoms with van der Waals surface area (Å²) in [7, 11) is 0. The van der Waals surface area contributed by atoms with Crippen LogP contribution in [0.4, 0.5) is 10.5 Å². The van der Waals surface area contributed by atoms with Gasteiger partial charge in [0.25, 0.3) is 0 Å². The summed E-state index contributed by atoms with van der Waals surface area (Å²) in [6.45, 7) is 19.7. The first-order valence-electron chi connectivity index (χ1n) is 17.0. The number of urea groups is 1. The predicted octanol–water partition coefficient (Wildman–Crippen LogP) is 6.46. The highest BCUT2D eigenvalue weighted by molar-refractivity contribution is 5.87. The molecule has 0 spiro atoms. The van der Waals surface area contributed by atoms with E-state index in [1.165, 1.54) is 56.4 Å². The number of nitrogens with one attached hydrogen (secondary N) is 2. The number of amides is 3. The normalized spacial score (nSPS) is 17.7. The molecule has 1 atom stereocenters. The number of nitrogens with zero attached hydrogens (tertiary/aromatic N) is 3. The summed E-state index contributed by atoms with van der Waals surface area (Å²) in [4.78, 5) is 33.7. The summed E-state index contributed by atoms with van der Waals surface area (Å²) in [6.07, 6.45) is 11.2. The van der Waals surface area contributed by atoms with Gasteiger partial charge in [-0.25, -0.2) is 4.79 Å². The maximum Gasteiger partial charge on any atom is 0.318 e. The topological polar surface area (TPSA) is 67.9 Å². The van der Waals surface area contributed by atoms with Gasteiger partial charge < -0.3 is 25.3 Å². The molecule has 0 bridgehead atoms. The number of hydrogen-bond donors (Lipinski definition) is 2. The number of benzene rings is 1. The zero-order valence-electron chi connectivity index (χ0n) is 27.7. The van der Waals surface area contributed by atoms with Crippen LogP contribution in [0.3, 0.4) is 0 Å². The minimum Gasteiger partial charge on any atom is -0.369 e. The molecule has 2 N–H and O–H groups in total. The van der Waals surface area contributed by atoms with E-state index in [1.807, 2.05) is 4.90 Å². The van der Waals surface area contributed by atoms with Gasteiger partial charge in [-0.1, -0.05) is 59.1 Å². The fourth-order valence-corrected chi connectivity index (χ4v) is 6.21. The van der Waals surface area contributed by atoms with E-state index in [0.717, 1.165) is 51.9 Å². The van der Waals surface area contributed by atoms with Crippen molar-refractivity contribution in [2.45, 2.75) is 117 Å². The van der Waals surface area contributed by atoms with Crippen molar-refractivity contribution in [3.05, 3.63) is 29.8 Å². The van der Waals surface area contributed by atoms with E-state index in [0.29, 0.717) is 24.8 Å². The van der Waals surface area contributed by atoms with E-state index < -0.39 is 11.6 Å². The first kappa shape index (κ1) is 34.2. The SMILES string of the molecule is CC(C)CCN(CC(C)(C)NC(=O)C(CC(C)C)NC(=O)N1CCCCCC1)c1ccc(CCN2CCCCC2)cc1. The Morgan fingerprint density at radius 3 is 2.05 bits per heavy atom. The highest BCUT2D eigenvalue weighted by Gasteiger charge is 2.30. The van der Waals surface area contributed by atoms with Gasteiger partial charge in [-0.2, -0.15) is 0 Å². The quantitative estimate of drug-likeness (QED) is 0.264. The Hall–Kier alpha value is -2.28. The minimum absolute atomic E-state index is 0.0891. The van der Waals surface area contributed by atoms with E-state index in [1.54, 1.807) is 0 Å². The summed E-state index contributed by atoms with van der Waals surface area (Å²) >= 11 is 0. The van der Waals surface area contributed by atoms with Crippen molar-refractivity contribution < 1.29 is 9.59 Å². The van der Waals surface area contributed by atoms with Gasteiger partial charge in [0.2, 0.25) is 5.91 Å². The number of hydrogen-bond acceptors (Lipinski definition) is 4. The molecule has 1 aromatic carbocycles. The van der Waals surface area contributed by atoms with E-state index in [9.17, 15) is 9.59 Å². The average Bonchev–Trinajstić information content (AvgIpc) is 3.24. The second kappa shape index (κ2) is 17.1. The molecule has 3 rings (SSSR count). The summed E-state index contributed by atoms with van der Waals surface area (Å²) in [5, 5.41) is 6.41. The molecule has 0 radical (unpaired) electrons. The lowest BCUT2D eigenvalue weighted by molar-refractivity contribution is -0.124. The van der Waals surface area contributed by atoms with Gasteiger partial charge in [0.05, 0.1) is 5.54 Å². The predicted molar refractivity (Wildman–Crippen MR) is 176 cm³/mol. The van der Waals surface area contributed by atoms with E-state index in [2.05, 4.69) is 86.2 Å². The lowest BCUT2D eigenvalue weighted by Gasteiger charge is -2.37. The van der Waals surface area contributed by atoms with E-state index in [4.69, 9.17) is 0 Å². The average molecular weight is 584 g/mol. The van der Waals surface area contributed by atoms with E-state index in [-0.39, 0.29) is 11.9 Å². The van der Waals surface area contributed by atoms with Gasteiger partial charge in [-0.05, 0) is 101 Å². The Morgan fingerprint density at radius 1 is 0.857 bits per heavy atom. The molecule has 2 saturated heterocycles. The number of anilines is 1. The second-order valence-corrected chi connectivity index (χ2v) is 14.3. The van der Waals surface area contributed by atoms with Crippen molar-refractivity contribution in [2.24, 2.45) is 11.8 Å². The second-order valence-electron chi connectivity index (χ2n) is 14.3. The molecule has 3 amide bonds. The monoisotopic (exact) mass is 583 g/mol. The third-order valence-corrected chi connectivity index (χ3v) is 8.71. The molecular formula is C35H61N5O2. The van der Waals surface area contributed by atoms with Crippen molar-refractivity contribution in [3.8, 4) is 0 Å². The Labute approximate surface area is 257 Å². The fourth-order valence-electron chi connectivity index (χ4n) is 6.21. The molecule has 1 aromatic rings. The highest BCUT2D eigenvalue weighted by atomic mass is 16.2. The molecule has 2 heterocycles. The number of likely N-dealkylation sites (tertiary alicyclic amines) is 2. The molecule has 2 fully saturated rings. The maximum atomic E-state index is 13.6. The highest BCUT2D eigenvalue weighted by Crippen LogP contribution is 2.21. The molecule has 0 saturated carbocycles. The molecule has 0 aliphatic carbocycles. The van der Waals surface area contributed by atoms with Crippen LogP contribution in [0.15, 0.2) is 24.3 Å². The molecular weight excluding hydrogens is 522 g/mol. The number of rotatable bonds is 14. The van der Waals surface area contributed by atoms with Gasteiger partial charge in [0, 0.05) is 38.4 Å². The third-order valence-electron chi connectivity index (χ3n) is 8.71. The zero-order chi connectivity index (χ0) is 30.5. The van der Waals surface area contributed by atoms with Gasteiger partial charge in [-0.3, -0.25) is 4.79 Å². The van der Waals surface area contributed by atoms with Crippen LogP contribution in [0.1, 0.15) is 105 Å². The Kier molecular flexibility index (Phi) is 13.9. The number of carbonyl (C=O) groups excluding carboxylic acids is 2. The van der Waals surface area contributed by atoms with Gasteiger partial charge in [-0.15, -0.1) is 0 Å². The van der Waals surface area contributed by atoms with E-state index >= 15 is 0 Å². The van der Waals surface area contributed by atoms with Crippen molar-refractivity contribution >= 4 is 17.6 Å². The summed E-state index contributed by atoms with van der Waals surface area (Å²) in [6, 6.07) is 8.44. The van der Waals surface area contributed by atoms with Crippen LogP contribution in [0.25, 0.3) is 0 Å². The smallest absolute Gasteiger partial charge is 0.318 e. The Balaban J connectivity index is 1.64. The lowest BCUT2D eigenvalue weighted by atomic mass is 9.99. The molecule has 42 heavy (non-hydrogen) atoms. The van der Waals surface area contributed by atoms with Gasteiger partial charge in [0.1, 0.15) is 6.04 Å². The number of piperidine rings is 1. The lowest BCUT2D eigenvalue weighted by Crippen LogP contribution is -2.58. The standard InChI is InChI=1S/C35H61N5O2/c1-28(2)18-25-40(31-16-14-30(15-17-31)19-24-38-20-10-9-11-21-38)27-35(5,6)37-33(41)32(26-29(3)4)36-34(42)39-22-12-7-8-13-23-39/h14-17,28-29,32H,7-13,18-27H2,1-6H3,(H,36,42)(H,37,41). The number of carbonyl (C=O) groups is 2. The molecule has 1 unspecified atom stereocenters. The van der Waals surface area contributed by atoms with Crippen molar-refractivity contribution in [2.75, 3.05) is 50.7 Å². The van der Waals surface area contributed by atoms with Crippen LogP contribution in [0, 0.1) is 11.8 Å². The zero-order valence-corrected chi connectivity index (χ0v) is 27.7. The minimum atomic E-state index is -0.539. The summed E-state index contributed by atoms with van der Waals surface area (Å²) < 4.78 is 0. The maximum absolute atomic E-state index is 13.6. The van der Waals surface area contributed by atoms with Crippen molar-refractivity contribution in [1.29, 1.82) is 0 Å². The van der Waals surface area contributed by atoms with Crippen molar-refractivity contribution in [3.63, 3.8) is 0 Å². The Morgan fingerprint density at radius 2 is 1.45 bits per heavy atom. The molecule has 2 aliphatic heterocycles. The Bertz CT molecular complexity index is 931. The summed E-state index contributed by atoms with van der Waals surface area (Å²) in [5.41, 5.74) is 2.12. The first-order chi connectivity index (χ1) is 20.0. The van der Waals surface area contributed by atoms with Crippen LogP contribution in [-0.2, 0) is 11.2 Å². The molecule has 0 aromatic heterocycles. The first-order valence-corrected chi connectivity index (χ1v) is 17.0. The third kappa shape index (κ3) is 12.1. The largest absolute Gasteiger partial charge is 0.369 e. The van der Waals surface area contributed by atoms with Crippen LogP contribution >= 0.6 is 0 Å². The van der Waals surface area contributed by atoms with Crippen LogP contribution < -0.4 is 15.5 Å². The molecule has 7 nitrogen and oxygen atoms in total. The molecule has 238 valence electrons. The van der Waals surface area contributed by atoms with Gasteiger partial charge >= 0.3 is 6.03 Å². The van der Waals surface area contributed by atoms with Gasteiger partial charge in [0.15, 0.2) is 0 Å². The fraction of sp³-hybridized carbons (Fsp3) is 0.771. The molecule has 7 heteroatoms.